The summed E-state index contributed by atoms with van der Waals surface area (Å²) in [5.74, 6) is 0.708. The first-order valence-corrected chi connectivity index (χ1v) is 11.3. The standard InChI is InChI=1S/C27H25N3O2S/c1-3-18(2)20-13-14-24-23(17-20)29-26(32-24)21-10-7-11-22(16-21)28-27(33)30-25(31)15-12-19-8-5-4-6-9-19/h4-18H,3H2,1-2H3,(H2,28,30,31,33). The fourth-order valence-corrected chi connectivity index (χ4v) is 3.61. The molecule has 4 rings (SSSR count). The van der Waals surface area contributed by atoms with Gasteiger partial charge in [0.1, 0.15) is 5.52 Å². The fourth-order valence-electron chi connectivity index (χ4n) is 3.39. The average molecular weight is 456 g/mol. The molecule has 3 aromatic carbocycles. The van der Waals surface area contributed by atoms with E-state index < -0.39 is 0 Å². The van der Waals surface area contributed by atoms with E-state index in [9.17, 15) is 4.79 Å². The summed E-state index contributed by atoms with van der Waals surface area (Å²) in [5, 5.41) is 5.91. The van der Waals surface area contributed by atoms with E-state index in [1.54, 1.807) is 6.08 Å². The van der Waals surface area contributed by atoms with Gasteiger partial charge >= 0.3 is 0 Å². The maximum Gasteiger partial charge on any atom is 0.250 e. The molecule has 1 heterocycles. The maximum atomic E-state index is 12.2. The number of nitrogens with one attached hydrogen (secondary N) is 2. The van der Waals surface area contributed by atoms with Crippen molar-refractivity contribution in [1.82, 2.24) is 10.3 Å². The Morgan fingerprint density at radius 3 is 2.70 bits per heavy atom. The molecule has 1 amide bonds. The Balaban J connectivity index is 1.44. The summed E-state index contributed by atoms with van der Waals surface area (Å²) in [6.07, 6.45) is 4.26. The van der Waals surface area contributed by atoms with E-state index in [2.05, 4.69) is 41.6 Å². The second-order valence-corrected chi connectivity index (χ2v) is 8.23. The summed E-state index contributed by atoms with van der Waals surface area (Å²) >= 11 is 5.29. The quantitative estimate of drug-likeness (QED) is 0.255. The van der Waals surface area contributed by atoms with Crippen molar-refractivity contribution >= 4 is 46.1 Å². The van der Waals surface area contributed by atoms with Crippen molar-refractivity contribution in [3.8, 4) is 11.5 Å². The fraction of sp³-hybridized carbons (Fsp3) is 0.148. The Labute approximate surface area is 198 Å². The largest absolute Gasteiger partial charge is 0.436 e. The predicted octanol–water partition coefficient (Wildman–Crippen LogP) is 6.53. The molecule has 2 N–H and O–H groups in total. The summed E-state index contributed by atoms with van der Waals surface area (Å²) in [6, 6.07) is 23.3. The highest BCUT2D eigenvalue weighted by atomic mass is 32.1. The van der Waals surface area contributed by atoms with E-state index in [-0.39, 0.29) is 11.0 Å². The van der Waals surface area contributed by atoms with Crippen molar-refractivity contribution in [3.63, 3.8) is 0 Å². The first-order valence-electron chi connectivity index (χ1n) is 10.9. The first kappa shape index (κ1) is 22.4. The summed E-state index contributed by atoms with van der Waals surface area (Å²) in [4.78, 5) is 16.8. The van der Waals surface area contributed by atoms with Crippen molar-refractivity contribution in [3.05, 3.63) is 90.0 Å². The predicted molar refractivity (Wildman–Crippen MR) is 138 cm³/mol. The zero-order valence-corrected chi connectivity index (χ0v) is 19.4. The Morgan fingerprint density at radius 1 is 1.09 bits per heavy atom. The lowest BCUT2D eigenvalue weighted by atomic mass is 9.98. The number of carbonyl (C=O) groups excluding carboxylic acids is 1. The van der Waals surface area contributed by atoms with Crippen molar-refractivity contribution in [2.24, 2.45) is 0 Å². The third-order valence-electron chi connectivity index (χ3n) is 5.42. The lowest BCUT2D eigenvalue weighted by Crippen LogP contribution is -2.32. The number of aromatic nitrogens is 1. The molecule has 0 bridgehead atoms. The highest BCUT2D eigenvalue weighted by Gasteiger charge is 2.12. The van der Waals surface area contributed by atoms with Crippen molar-refractivity contribution in [2.75, 3.05) is 5.32 Å². The number of hydrogen-bond acceptors (Lipinski definition) is 4. The third-order valence-corrected chi connectivity index (χ3v) is 5.63. The van der Waals surface area contributed by atoms with Gasteiger partial charge in [0.05, 0.1) is 0 Å². The number of amides is 1. The van der Waals surface area contributed by atoms with E-state index >= 15 is 0 Å². The van der Waals surface area contributed by atoms with E-state index in [0.717, 1.165) is 34.3 Å². The van der Waals surface area contributed by atoms with Crippen LogP contribution < -0.4 is 10.6 Å². The maximum absolute atomic E-state index is 12.2. The minimum Gasteiger partial charge on any atom is -0.436 e. The number of carbonyl (C=O) groups is 1. The molecule has 0 radical (unpaired) electrons. The van der Waals surface area contributed by atoms with Gasteiger partial charge in [0.25, 0.3) is 0 Å². The Morgan fingerprint density at radius 2 is 1.91 bits per heavy atom. The van der Waals surface area contributed by atoms with Crippen LogP contribution in [0, 0.1) is 0 Å². The van der Waals surface area contributed by atoms with Crippen LogP contribution in [0.2, 0.25) is 0 Å². The van der Waals surface area contributed by atoms with Crippen LogP contribution in [0.25, 0.3) is 28.6 Å². The van der Waals surface area contributed by atoms with Gasteiger partial charge in [0.2, 0.25) is 11.8 Å². The Bertz CT molecular complexity index is 1310. The van der Waals surface area contributed by atoms with Crippen molar-refractivity contribution in [2.45, 2.75) is 26.2 Å². The van der Waals surface area contributed by atoms with Crippen molar-refractivity contribution < 1.29 is 9.21 Å². The Hall–Kier alpha value is -3.77. The average Bonchev–Trinajstić information content (AvgIpc) is 3.26. The monoisotopic (exact) mass is 455 g/mol. The molecular formula is C27H25N3O2S. The molecular weight excluding hydrogens is 430 g/mol. The minimum atomic E-state index is -0.302. The summed E-state index contributed by atoms with van der Waals surface area (Å²) in [7, 11) is 0. The number of fused-ring (bicyclic) bond motifs is 1. The zero-order chi connectivity index (χ0) is 23.2. The molecule has 33 heavy (non-hydrogen) atoms. The smallest absolute Gasteiger partial charge is 0.250 e. The molecule has 0 fully saturated rings. The highest BCUT2D eigenvalue weighted by Crippen LogP contribution is 2.29. The zero-order valence-electron chi connectivity index (χ0n) is 18.5. The topological polar surface area (TPSA) is 67.2 Å². The van der Waals surface area contributed by atoms with Gasteiger partial charge in [-0.2, -0.15) is 0 Å². The lowest BCUT2D eigenvalue weighted by Gasteiger charge is -2.08. The summed E-state index contributed by atoms with van der Waals surface area (Å²) in [5.41, 5.74) is 5.33. The van der Waals surface area contributed by atoms with Gasteiger partial charge < -0.3 is 9.73 Å². The molecule has 1 aromatic heterocycles. The van der Waals surface area contributed by atoms with Gasteiger partial charge in [0, 0.05) is 17.3 Å². The normalized spacial score (nSPS) is 12.1. The number of hydrogen-bond donors (Lipinski definition) is 2. The van der Waals surface area contributed by atoms with Crippen molar-refractivity contribution in [1.29, 1.82) is 0 Å². The molecule has 166 valence electrons. The summed E-state index contributed by atoms with van der Waals surface area (Å²) < 4.78 is 5.97. The number of thiocarbonyl (C=S) groups is 1. The van der Waals surface area contributed by atoms with E-state index in [1.807, 2.05) is 60.7 Å². The number of anilines is 1. The molecule has 1 unspecified atom stereocenters. The van der Waals surface area contributed by atoms with Crippen LogP contribution in [0.3, 0.4) is 0 Å². The van der Waals surface area contributed by atoms with Crippen LogP contribution in [0.5, 0.6) is 0 Å². The van der Waals surface area contributed by atoms with E-state index in [4.69, 9.17) is 16.6 Å². The van der Waals surface area contributed by atoms with Crippen LogP contribution in [-0.4, -0.2) is 16.0 Å². The first-order chi connectivity index (χ1) is 16.0. The van der Waals surface area contributed by atoms with E-state index in [1.165, 1.54) is 11.6 Å². The van der Waals surface area contributed by atoms with Gasteiger partial charge in [0.15, 0.2) is 10.7 Å². The van der Waals surface area contributed by atoms with Gasteiger partial charge in [-0.05, 0) is 72.1 Å². The molecule has 6 heteroatoms. The van der Waals surface area contributed by atoms with Gasteiger partial charge in [-0.15, -0.1) is 0 Å². The highest BCUT2D eigenvalue weighted by molar-refractivity contribution is 7.80. The molecule has 0 saturated heterocycles. The number of oxazole rings is 1. The van der Waals surface area contributed by atoms with Crippen LogP contribution in [0.15, 0.2) is 83.3 Å². The molecule has 0 aliphatic rings. The molecule has 0 aliphatic heterocycles. The van der Waals surface area contributed by atoms with Crippen LogP contribution >= 0.6 is 12.2 Å². The Kier molecular flexibility index (Phi) is 6.95. The summed E-state index contributed by atoms with van der Waals surface area (Å²) in [6.45, 7) is 4.38. The second-order valence-electron chi connectivity index (χ2n) is 7.82. The number of rotatable bonds is 6. The molecule has 1 atom stereocenters. The number of nitrogens with zero attached hydrogens (tertiary/aromatic N) is 1. The number of benzene rings is 3. The van der Waals surface area contributed by atoms with E-state index in [0.29, 0.717) is 11.8 Å². The van der Waals surface area contributed by atoms with Crippen LogP contribution in [-0.2, 0) is 4.79 Å². The molecule has 4 aromatic rings. The molecule has 0 spiro atoms. The third kappa shape index (κ3) is 5.73. The minimum absolute atomic E-state index is 0.214. The van der Waals surface area contributed by atoms with Gasteiger partial charge in [-0.3, -0.25) is 10.1 Å². The molecule has 5 nitrogen and oxygen atoms in total. The second kappa shape index (κ2) is 10.2. The molecule has 0 aliphatic carbocycles. The molecule has 0 saturated carbocycles. The van der Waals surface area contributed by atoms with Gasteiger partial charge in [-0.1, -0.05) is 56.3 Å². The SMILES string of the molecule is CCC(C)c1ccc2oc(-c3cccc(NC(=S)NC(=O)C=Cc4ccccc4)c3)nc2c1. The van der Waals surface area contributed by atoms with Gasteiger partial charge in [-0.25, -0.2) is 4.98 Å². The van der Waals surface area contributed by atoms with Crippen LogP contribution in [0.1, 0.15) is 37.3 Å². The van der Waals surface area contributed by atoms with Crippen LogP contribution in [0.4, 0.5) is 5.69 Å². The lowest BCUT2D eigenvalue weighted by molar-refractivity contribution is -0.115.